The summed E-state index contributed by atoms with van der Waals surface area (Å²) in [6.45, 7) is 2.87. The molecule has 0 spiro atoms. The van der Waals surface area contributed by atoms with E-state index >= 15 is 0 Å². The maximum atomic E-state index is 11.5. The topological polar surface area (TPSA) is 122 Å². The summed E-state index contributed by atoms with van der Waals surface area (Å²) in [6, 6.07) is -1.71. The molecule has 5 N–H and O–H groups in total. The Morgan fingerprint density at radius 1 is 1.39 bits per heavy atom. The zero-order chi connectivity index (χ0) is 14.3. The van der Waals surface area contributed by atoms with Gasteiger partial charge in [0, 0.05) is 0 Å². The molecular weight excluding hydrogens is 258 g/mol. The van der Waals surface area contributed by atoms with E-state index < -0.39 is 29.5 Å². The summed E-state index contributed by atoms with van der Waals surface area (Å²) in [7, 11) is 0. The minimum atomic E-state index is -1.23. The van der Waals surface area contributed by atoms with Gasteiger partial charge in [-0.3, -0.25) is 4.79 Å². The number of hydrogen-bond acceptors (Lipinski definition) is 4. The molecule has 0 aliphatic heterocycles. The summed E-state index contributed by atoms with van der Waals surface area (Å²) < 4.78 is 0. The number of rotatable bonds is 7. The largest absolute Gasteiger partial charge is 0.480 e. The quantitative estimate of drug-likeness (QED) is 0.511. The number of nitrogens with two attached hydrogens (primary N) is 1. The number of carboxylic acid groups (broad SMARTS) is 1. The molecule has 8 heteroatoms. The Morgan fingerprint density at radius 2 is 1.94 bits per heavy atom. The van der Waals surface area contributed by atoms with Crippen LogP contribution in [0.3, 0.4) is 0 Å². The molecule has 0 rings (SSSR count). The second-order valence-corrected chi connectivity index (χ2v) is 5.25. The van der Waals surface area contributed by atoms with Gasteiger partial charge < -0.3 is 21.5 Å². The molecule has 0 unspecified atom stereocenters. The number of aliphatic carboxylic acids is 1. The minimum absolute atomic E-state index is 0.306. The lowest BCUT2D eigenvalue weighted by Gasteiger charge is -2.24. The van der Waals surface area contributed by atoms with Crippen LogP contribution in [0.15, 0.2) is 0 Å². The third-order valence-corrected chi connectivity index (χ3v) is 2.90. The number of nitrogens with one attached hydrogen (secondary N) is 2. The third kappa shape index (κ3) is 5.76. The molecule has 18 heavy (non-hydrogen) atoms. The Hall–Kier alpha value is -1.44. The fourth-order valence-corrected chi connectivity index (χ4v) is 1.50. The van der Waals surface area contributed by atoms with Crippen LogP contribution < -0.4 is 16.4 Å². The first-order valence-corrected chi connectivity index (χ1v) is 6.70. The van der Waals surface area contributed by atoms with Crippen LogP contribution in [0.1, 0.15) is 20.3 Å². The first-order chi connectivity index (χ1) is 8.20. The van der Waals surface area contributed by atoms with Crippen molar-refractivity contribution in [1.29, 1.82) is 0 Å². The number of carbonyl (C=O) groups excluding carboxylic acids is 2. The average molecular weight is 277 g/mol. The molecule has 7 nitrogen and oxygen atoms in total. The zero-order valence-corrected chi connectivity index (χ0v) is 11.5. The molecule has 0 saturated heterocycles. The fraction of sp³-hybridized carbons (Fsp3) is 0.700. The molecule has 0 aliphatic rings. The molecule has 0 heterocycles. The summed E-state index contributed by atoms with van der Waals surface area (Å²) in [6.07, 6.45) is 2.15. The van der Waals surface area contributed by atoms with E-state index in [1.54, 1.807) is 0 Å². The number of amides is 3. The average Bonchev–Trinajstić information content (AvgIpc) is 2.22. The van der Waals surface area contributed by atoms with Crippen molar-refractivity contribution in [3.8, 4) is 0 Å². The molecule has 0 aromatic rings. The van der Waals surface area contributed by atoms with Gasteiger partial charge in [0.25, 0.3) is 0 Å². The van der Waals surface area contributed by atoms with Crippen molar-refractivity contribution in [2.75, 3.05) is 12.0 Å². The van der Waals surface area contributed by atoms with Crippen LogP contribution in [-0.4, -0.2) is 46.6 Å². The van der Waals surface area contributed by atoms with Crippen LogP contribution in [0.5, 0.6) is 0 Å². The van der Waals surface area contributed by atoms with E-state index in [1.807, 2.05) is 6.26 Å². The van der Waals surface area contributed by atoms with Gasteiger partial charge in [-0.15, -0.1) is 0 Å². The summed E-state index contributed by atoms with van der Waals surface area (Å²) in [5.41, 5.74) is 3.86. The number of hydrogen-bond donors (Lipinski definition) is 4. The number of carboxylic acids is 1. The molecule has 0 bridgehead atoms. The highest BCUT2D eigenvalue weighted by molar-refractivity contribution is 7.98. The molecule has 0 radical (unpaired) electrons. The van der Waals surface area contributed by atoms with Crippen molar-refractivity contribution in [3.63, 3.8) is 0 Å². The van der Waals surface area contributed by atoms with Gasteiger partial charge >= 0.3 is 12.0 Å². The molecular formula is C10H19N3O4S. The Bertz CT molecular complexity index is 333. The predicted octanol–water partition coefficient (Wildman–Crippen LogP) is -0.244. The van der Waals surface area contributed by atoms with Crippen molar-refractivity contribution < 1.29 is 19.5 Å². The fourth-order valence-electron chi connectivity index (χ4n) is 1.03. The van der Waals surface area contributed by atoms with E-state index in [0.29, 0.717) is 12.2 Å². The number of urea groups is 1. The molecule has 3 amide bonds. The molecule has 1 atom stereocenters. The Balaban J connectivity index is 4.43. The highest BCUT2D eigenvalue weighted by Gasteiger charge is 2.28. The van der Waals surface area contributed by atoms with Crippen molar-refractivity contribution in [2.45, 2.75) is 31.8 Å². The number of thioether (sulfide) groups is 1. The van der Waals surface area contributed by atoms with Gasteiger partial charge in [0.2, 0.25) is 5.91 Å². The van der Waals surface area contributed by atoms with E-state index in [9.17, 15) is 14.4 Å². The monoisotopic (exact) mass is 277 g/mol. The minimum Gasteiger partial charge on any atom is -0.480 e. The van der Waals surface area contributed by atoms with Gasteiger partial charge in [0.05, 0.1) is 0 Å². The van der Waals surface area contributed by atoms with Gasteiger partial charge in [0.1, 0.15) is 11.6 Å². The first kappa shape index (κ1) is 16.6. The van der Waals surface area contributed by atoms with Gasteiger partial charge in [-0.1, -0.05) is 0 Å². The van der Waals surface area contributed by atoms with Gasteiger partial charge in [-0.05, 0) is 32.3 Å². The van der Waals surface area contributed by atoms with Crippen molar-refractivity contribution in [2.24, 2.45) is 5.73 Å². The second kappa shape index (κ2) is 7.10. The molecule has 0 aromatic heterocycles. The standard InChI is InChI=1S/C10H19N3O4S/c1-10(2,8(11)16)13-9(17)12-6(7(14)15)4-5-18-3/h6H,4-5H2,1-3H3,(H2,11,16)(H,14,15)(H2,12,13,17)/t6-/m1/s1. The summed E-state index contributed by atoms with van der Waals surface area (Å²) >= 11 is 1.48. The van der Waals surface area contributed by atoms with Gasteiger partial charge in [-0.2, -0.15) is 11.8 Å². The lowest BCUT2D eigenvalue weighted by Crippen LogP contribution is -2.58. The first-order valence-electron chi connectivity index (χ1n) is 5.31. The van der Waals surface area contributed by atoms with E-state index in [1.165, 1.54) is 25.6 Å². The third-order valence-electron chi connectivity index (χ3n) is 2.26. The van der Waals surface area contributed by atoms with E-state index in [-0.39, 0.29) is 0 Å². The maximum Gasteiger partial charge on any atom is 0.326 e. The Kier molecular flexibility index (Phi) is 6.53. The normalized spacial score (nSPS) is 12.6. The van der Waals surface area contributed by atoms with E-state index in [0.717, 1.165) is 0 Å². The SMILES string of the molecule is CSCC[C@@H](NC(=O)NC(C)(C)C(N)=O)C(=O)O. The lowest BCUT2D eigenvalue weighted by molar-refractivity contribution is -0.139. The van der Waals surface area contributed by atoms with E-state index in [4.69, 9.17) is 10.8 Å². The molecule has 0 aliphatic carbocycles. The maximum absolute atomic E-state index is 11.5. The van der Waals surface area contributed by atoms with Crippen LogP contribution in [0, 0.1) is 0 Å². The molecule has 0 fully saturated rings. The summed E-state index contributed by atoms with van der Waals surface area (Å²) in [5, 5.41) is 13.5. The smallest absolute Gasteiger partial charge is 0.326 e. The zero-order valence-electron chi connectivity index (χ0n) is 10.6. The van der Waals surface area contributed by atoms with Crippen molar-refractivity contribution in [1.82, 2.24) is 10.6 Å². The van der Waals surface area contributed by atoms with Crippen LogP contribution in [0.25, 0.3) is 0 Å². The molecule has 0 saturated carbocycles. The second-order valence-electron chi connectivity index (χ2n) is 4.26. The predicted molar refractivity (Wildman–Crippen MR) is 69.4 cm³/mol. The van der Waals surface area contributed by atoms with Crippen LogP contribution in [-0.2, 0) is 9.59 Å². The number of carbonyl (C=O) groups is 3. The summed E-state index contributed by atoms with van der Waals surface area (Å²) in [4.78, 5) is 33.4. The highest BCUT2D eigenvalue weighted by Crippen LogP contribution is 2.03. The van der Waals surface area contributed by atoms with E-state index in [2.05, 4.69) is 10.6 Å². The molecule has 104 valence electrons. The number of primary amides is 1. The van der Waals surface area contributed by atoms with Crippen LogP contribution in [0.4, 0.5) is 4.79 Å². The van der Waals surface area contributed by atoms with Gasteiger partial charge in [-0.25, -0.2) is 9.59 Å². The highest BCUT2D eigenvalue weighted by atomic mass is 32.2. The lowest BCUT2D eigenvalue weighted by atomic mass is 10.1. The molecule has 0 aromatic carbocycles. The van der Waals surface area contributed by atoms with Crippen LogP contribution in [0.2, 0.25) is 0 Å². The van der Waals surface area contributed by atoms with Crippen LogP contribution >= 0.6 is 11.8 Å². The van der Waals surface area contributed by atoms with Gasteiger partial charge in [0.15, 0.2) is 0 Å². The Labute approximate surface area is 110 Å². The van der Waals surface area contributed by atoms with Crippen molar-refractivity contribution >= 4 is 29.7 Å². The summed E-state index contributed by atoms with van der Waals surface area (Å²) in [5.74, 6) is -1.21. The Morgan fingerprint density at radius 3 is 2.33 bits per heavy atom. The van der Waals surface area contributed by atoms with Crippen molar-refractivity contribution in [3.05, 3.63) is 0 Å².